The van der Waals surface area contributed by atoms with Gasteiger partial charge >= 0.3 is 0 Å². The molecule has 3 nitrogen and oxygen atoms in total. The lowest BCUT2D eigenvalue weighted by molar-refractivity contribution is 0.100. The van der Waals surface area contributed by atoms with Crippen molar-refractivity contribution >= 4 is 29.2 Å². The first-order valence-electron chi connectivity index (χ1n) is 3.86. The summed E-state index contributed by atoms with van der Waals surface area (Å²) in [5.41, 5.74) is 4.91. The van der Waals surface area contributed by atoms with Crippen LogP contribution in [0.25, 0.3) is 10.9 Å². The van der Waals surface area contributed by atoms with Crippen LogP contribution in [0.15, 0.2) is 18.3 Å². The number of hydrogen-bond acceptors (Lipinski definition) is 1. The summed E-state index contributed by atoms with van der Waals surface area (Å²) in [6.07, 6.45) is 1.19. The Morgan fingerprint density at radius 2 is 1.87 bits per heavy atom. The maximum absolute atomic E-state index is 13.2. The van der Waals surface area contributed by atoms with Crippen LogP contribution in [0.1, 0.15) is 10.4 Å². The Kier molecular flexibility index (Phi) is 2.95. The Labute approximate surface area is 89.7 Å². The number of carbonyl (C=O) groups is 1. The second kappa shape index (κ2) is 3.86. The average molecular weight is 233 g/mol. The van der Waals surface area contributed by atoms with Gasteiger partial charge in [-0.05, 0) is 12.1 Å². The third-order valence-corrected chi connectivity index (χ3v) is 2.00. The van der Waals surface area contributed by atoms with E-state index in [2.05, 4.69) is 4.98 Å². The number of benzene rings is 1. The molecule has 1 aromatic carbocycles. The van der Waals surface area contributed by atoms with Crippen molar-refractivity contribution in [3.63, 3.8) is 0 Å². The molecule has 0 aliphatic rings. The highest BCUT2D eigenvalue weighted by atomic mass is 35.5. The normalized spacial score (nSPS) is 10.0. The maximum atomic E-state index is 13.2. The summed E-state index contributed by atoms with van der Waals surface area (Å²) >= 11 is 0. The molecular weight excluding hydrogens is 226 g/mol. The molecule has 2 rings (SSSR count). The van der Waals surface area contributed by atoms with Gasteiger partial charge in [-0.1, -0.05) is 0 Å². The van der Waals surface area contributed by atoms with Gasteiger partial charge < -0.3 is 10.7 Å². The van der Waals surface area contributed by atoms with E-state index >= 15 is 0 Å². The van der Waals surface area contributed by atoms with Crippen molar-refractivity contribution in [1.82, 2.24) is 4.98 Å². The van der Waals surface area contributed by atoms with E-state index in [-0.39, 0.29) is 28.9 Å². The molecule has 0 saturated heterocycles. The first-order valence-corrected chi connectivity index (χ1v) is 3.86. The molecule has 0 atom stereocenters. The minimum Gasteiger partial charge on any atom is -0.366 e. The minimum absolute atomic E-state index is 0. The Bertz CT molecular complexity index is 524. The number of H-pyrrole nitrogens is 1. The number of nitrogens with one attached hydrogen (secondary N) is 1. The molecule has 15 heavy (non-hydrogen) atoms. The third kappa shape index (κ3) is 1.66. The van der Waals surface area contributed by atoms with Gasteiger partial charge in [-0.3, -0.25) is 4.79 Å². The highest BCUT2D eigenvalue weighted by Crippen LogP contribution is 2.23. The van der Waals surface area contributed by atoms with Gasteiger partial charge in [0.2, 0.25) is 0 Å². The monoisotopic (exact) mass is 232 g/mol. The van der Waals surface area contributed by atoms with Crippen molar-refractivity contribution < 1.29 is 13.6 Å². The summed E-state index contributed by atoms with van der Waals surface area (Å²) in [6.45, 7) is 0. The van der Waals surface area contributed by atoms with Crippen molar-refractivity contribution in [1.29, 1.82) is 0 Å². The van der Waals surface area contributed by atoms with Crippen LogP contribution in [-0.4, -0.2) is 10.9 Å². The van der Waals surface area contributed by atoms with Crippen molar-refractivity contribution in [2.45, 2.75) is 0 Å². The number of amides is 1. The first kappa shape index (κ1) is 11.5. The molecule has 1 aromatic heterocycles. The van der Waals surface area contributed by atoms with Gasteiger partial charge in [0.05, 0.1) is 16.5 Å². The molecular formula is C9H7ClF2N2O. The van der Waals surface area contributed by atoms with Crippen LogP contribution >= 0.6 is 12.4 Å². The minimum atomic E-state index is -0.791. The molecule has 0 aliphatic carbocycles. The van der Waals surface area contributed by atoms with Gasteiger partial charge in [0.1, 0.15) is 11.6 Å². The number of aromatic nitrogens is 1. The number of rotatable bonds is 1. The van der Waals surface area contributed by atoms with Gasteiger partial charge in [0, 0.05) is 6.20 Å². The molecule has 0 spiro atoms. The van der Waals surface area contributed by atoms with E-state index in [4.69, 9.17) is 5.73 Å². The molecule has 1 amide bonds. The predicted molar refractivity (Wildman–Crippen MR) is 54.0 cm³/mol. The molecule has 1 heterocycles. The van der Waals surface area contributed by atoms with E-state index in [1.165, 1.54) is 6.20 Å². The number of aromatic amines is 1. The fourth-order valence-corrected chi connectivity index (χ4v) is 1.37. The summed E-state index contributed by atoms with van der Waals surface area (Å²) in [6, 6.07) is 1.94. The van der Waals surface area contributed by atoms with E-state index < -0.39 is 17.5 Å². The molecule has 80 valence electrons. The number of nitrogens with two attached hydrogens (primary N) is 1. The first-order chi connectivity index (χ1) is 6.61. The smallest absolute Gasteiger partial charge is 0.250 e. The zero-order chi connectivity index (χ0) is 10.3. The summed E-state index contributed by atoms with van der Waals surface area (Å²) in [4.78, 5) is 13.3. The molecule has 0 fully saturated rings. The van der Waals surface area contributed by atoms with Crippen LogP contribution in [0.5, 0.6) is 0 Å². The molecule has 2 aromatic rings. The van der Waals surface area contributed by atoms with Crippen molar-refractivity contribution in [3.05, 3.63) is 35.5 Å². The zero-order valence-electron chi connectivity index (χ0n) is 7.38. The van der Waals surface area contributed by atoms with Gasteiger partial charge in [0.15, 0.2) is 0 Å². The lowest BCUT2D eigenvalue weighted by atomic mass is 10.1. The second-order valence-electron chi connectivity index (χ2n) is 2.85. The number of fused-ring (bicyclic) bond motifs is 1. The lowest BCUT2D eigenvalue weighted by Crippen LogP contribution is -2.10. The SMILES string of the molecule is Cl.NC(=O)c1c[nH]c2c(F)ccc(F)c12. The summed E-state index contributed by atoms with van der Waals surface area (Å²) in [5, 5.41) is -0.0995. The van der Waals surface area contributed by atoms with Crippen LogP contribution in [0.4, 0.5) is 8.78 Å². The Balaban J connectivity index is 0.00000112. The van der Waals surface area contributed by atoms with Crippen LogP contribution in [-0.2, 0) is 0 Å². The summed E-state index contributed by atoms with van der Waals surface area (Å²) in [7, 11) is 0. The predicted octanol–water partition coefficient (Wildman–Crippen LogP) is 1.97. The maximum Gasteiger partial charge on any atom is 0.250 e. The van der Waals surface area contributed by atoms with Gasteiger partial charge in [-0.15, -0.1) is 12.4 Å². The van der Waals surface area contributed by atoms with E-state index in [0.717, 1.165) is 12.1 Å². The zero-order valence-corrected chi connectivity index (χ0v) is 8.20. The van der Waals surface area contributed by atoms with E-state index in [1.54, 1.807) is 0 Å². The molecule has 0 unspecified atom stereocenters. The fourth-order valence-electron chi connectivity index (χ4n) is 1.37. The van der Waals surface area contributed by atoms with Crippen molar-refractivity contribution in [3.8, 4) is 0 Å². The Morgan fingerprint density at radius 3 is 2.47 bits per heavy atom. The molecule has 3 N–H and O–H groups in total. The molecule has 6 heteroatoms. The molecule has 0 aliphatic heterocycles. The number of primary amides is 1. The van der Waals surface area contributed by atoms with Gasteiger partial charge in [-0.2, -0.15) is 0 Å². The number of halogens is 3. The van der Waals surface area contributed by atoms with Gasteiger partial charge in [0.25, 0.3) is 5.91 Å². The van der Waals surface area contributed by atoms with Gasteiger partial charge in [-0.25, -0.2) is 8.78 Å². The van der Waals surface area contributed by atoms with Crippen LogP contribution in [0, 0.1) is 11.6 Å². The van der Waals surface area contributed by atoms with Crippen LogP contribution < -0.4 is 5.73 Å². The highest BCUT2D eigenvalue weighted by Gasteiger charge is 2.15. The van der Waals surface area contributed by atoms with Crippen LogP contribution in [0.3, 0.4) is 0 Å². The standard InChI is InChI=1S/C9H6F2N2O.ClH/c10-5-1-2-6(11)8-7(5)4(3-13-8)9(12)14;/h1-3,13H,(H2,12,14);1H. The third-order valence-electron chi connectivity index (χ3n) is 2.00. The quantitative estimate of drug-likeness (QED) is 0.776. The van der Waals surface area contributed by atoms with E-state index in [0.29, 0.717) is 0 Å². The Hall–Kier alpha value is -1.62. The largest absolute Gasteiger partial charge is 0.366 e. The molecule has 0 saturated carbocycles. The molecule has 0 bridgehead atoms. The van der Waals surface area contributed by atoms with Crippen molar-refractivity contribution in [2.24, 2.45) is 5.73 Å². The summed E-state index contributed by atoms with van der Waals surface area (Å²) in [5.74, 6) is -2.08. The average Bonchev–Trinajstić information content (AvgIpc) is 2.56. The van der Waals surface area contributed by atoms with E-state index in [1.807, 2.05) is 0 Å². The highest BCUT2D eigenvalue weighted by molar-refractivity contribution is 6.06. The van der Waals surface area contributed by atoms with Crippen molar-refractivity contribution in [2.75, 3.05) is 0 Å². The van der Waals surface area contributed by atoms with E-state index in [9.17, 15) is 13.6 Å². The van der Waals surface area contributed by atoms with Crippen LogP contribution in [0.2, 0.25) is 0 Å². The number of hydrogen-bond donors (Lipinski definition) is 2. The second-order valence-corrected chi connectivity index (χ2v) is 2.85. The topological polar surface area (TPSA) is 58.9 Å². The molecule has 0 radical (unpaired) electrons. The number of carbonyl (C=O) groups excluding carboxylic acids is 1. The lowest BCUT2D eigenvalue weighted by Gasteiger charge is -1.96. The summed E-state index contributed by atoms with van der Waals surface area (Å²) < 4.78 is 26.3. The fraction of sp³-hybridized carbons (Fsp3) is 0. The Morgan fingerprint density at radius 1 is 1.27 bits per heavy atom.